The van der Waals surface area contributed by atoms with Crippen molar-refractivity contribution in [3.63, 3.8) is 0 Å². The van der Waals surface area contributed by atoms with Crippen LogP contribution in [0.3, 0.4) is 0 Å². The second-order valence-corrected chi connectivity index (χ2v) is 12.4. The number of aliphatic hydroxyl groups excluding tert-OH is 1. The third kappa shape index (κ3) is 6.29. The maximum atomic E-state index is 12.7. The summed E-state index contributed by atoms with van der Waals surface area (Å²) in [4.78, 5) is 62.0. The SMILES string of the molecule is CC(=O)O[C@H]1C[C@H]2C[C@@H]3[C@H](CO)[C@@H](OC(C)=O)C[C@H](OC(C)=O)[C@@]3(C)[C@@H](OC(C)=O)[C@H](OC(C)=O)C(=C1C)C2(C)C. The molecule has 3 aliphatic carbocycles. The van der Waals surface area contributed by atoms with E-state index in [0.717, 1.165) is 0 Å². The van der Waals surface area contributed by atoms with Crippen molar-refractivity contribution in [2.75, 3.05) is 6.61 Å². The number of hydrogen-bond donors (Lipinski definition) is 1. The van der Waals surface area contributed by atoms with Gasteiger partial charge in [0.1, 0.15) is 18.3 Å². The molecule has 0 aromatic carbocycles. The molecule has 11 heteroatoms. The topological polar surface area (TPSA) is 152 Å². The predicted molar refractivity (Wildman–Crippen MR) is 144 cm³/mol. The van der Waals surface area contributed by atoms with Gasteiger partial charge in [0.05, 0.1) is 0 Å². The molecule has 3 aliphatic rings. The van der Waals surface area contributed by atoms with Crippen molar-refractivity contribution < 1.29 is 52.8 Å². The fourth-order valence-electron chi connectivity index (χ4n) is 7.79. The fourth-order valence-corrected chi connectivity index (χ4v) is 7.79. The molecular formula is C30H44O11. The average molecular weight is 581 g/mol. The van der Waals surface area contributed by atoms with E-state index in [0.29, 0.717) is 24.0 Å². The van der Waals surface area contributed by atoms with E-state index < -0.39 is 83.0 Å². The van der Waals surface area contributed by atoms with Gasteiger partial charge in [-0.05, 0) is 48.2 Å². The summed E-state index contributed by atoms with van der Waals surface area (Å²) in [7, 11) is 0. The van der Waals surface area contributed by atoms with E-state index in [1.807, 2.05) is 27.7 Å². The van der Waals surface area contributed by atoms with Crippen LogP contribution in [0.1, 0.15) is 81.6 Å². The van der Waals surface area contributed by atoms with Crippen molar-refractivity contribution in [1.29, 1.82) is 0 Å². The molecule has 2 bridgehead atoms. The molecule has 1 N–H and O–H groups in total. The first kappa shape index (κ1) is 32.6. The van der Waals surface area contributed by atoms with E-state index >= 15 is 0 Å². The minimum atomic E-state index is -1.18. The number of carbonyl (C=O) groups excluding carboxylic acids is 5. The first-order valence-corrected chi connectivity index (χ1v) is 14.1. The Balaban J connectivity index is 2.41. The van der Waals surface area contributed by atoms with Crippen LogP contribution < -0.4 is 0 Å². The Morgan fingerprint density at radius 2 is 1.29 bits per heavy atom. The van der Waals surface area contributed by atoms with Crippen LogP contribution in [0, 0.1) is 28.6 Å². The summed E-state index contributed by atoms with van der Waals surface area (Å²) in [5.74, 6) is -4.20. The van der Waals surface area contributed by atoms with Gasteiger partial charge in [-0.3, -0.25) is 24.0 Å². The van der Waals surface area contributed by atoms with Crippen LogP contribution in [0.5, 0.6) is 0 Å². The Morgan fingerprint density at radius 1 is 0.756 bits per heavy atom. The third-order valence-corrected chi connectivity index (χ3v) is 9.50. The minimum absolute atomic E-state index is 0.0457. The molecule has 2 saturated carbocycles. The van der Waals surface area contributed by atoms with E-state index in [9.17, 15) is 29.1 Å². The highest BCUT2D eigenvalue weighted by atomic mass is 16.6. The fraction of sp³-hybridized carbons (Fsp3) is 0.767. The number of hydrogen-bond acceptors (Lipinski definition) is 11. The molecule has 0 radical (unpaired) electrons. The summed E-state index contributed by atoms with van der Waals surface area (Å²) >= 11 is 0. The highest BCUT2D eigenvalue weighted by molar-refractivity contribution is 5.69. The van der Waals surface area contributed by atoms with Gasteiger partial charge in [0, 0.05) is 59.0 Å². The summed E-state index contributed by atoms with van der Waals surface area (Å²) in [6.07, 6.45) is -3.70. The summed E-state index contributed by atoms with van der Waals surface area (Å²) in [6, 6.07) is 0. The lowest BCUT2D eigenvalue weighted by Gasteiger charge is -2.60. The normalized spacial score (nSPS) is 36.0. The zero-order chi connectivity index (χ0) is 31.0. The van der Waals surface area contributed by atoms with E-state index in [1.165, 1.54) is 34.6 Å². The predicted octanol–water partition coefficient (Wildman–Crippen LogP) is 3.05. The van der Waals surface area contributed by atoms with Crippen LogP contribution in [0.4, 0.5) is 0 Å². The van der Waals surface area contributed by atoms with Gasteiger partial charge in [0.2, 0.25) is 0 Å². The molecule has 0 aromatic rings. The zero-order valence-electron chi connectivity index (χ0n) is 25.5. The van der Waals surface area contributed by atoms with Crippen LogP contribution in [0.25, 0.3) is 0 Å². The van der Waals surface area contributed by atoms with Gasteiger partial charge in [0.15, 0.2) is 12.2 Å². The van der Waals surface area contributed by atoms with Crippen molar-refractivity contribution in [2.24, 2.45) is 28.6 Å². The van der Waals surface area contributed by atoms with Gasteiger partial charge in [-0.15, -0.1) is 0 Å². The van der Waals surface area contributed by atoms with Crippen LogP contribution in [0.2, 0.25) is 0 Å². The van der Waals surface area contributed by atoms with Gasteiger partial charge in [-0.1, -0.05) is 20.8 Å². The van der Waals surface area contributed by atoms with Crippen LogP contribution in [-0.2, 0) is 47.7 Å². The molecule has 2 fully saturated rings. The summed E-state index contributed by atoms with van der Waals surface area (Å²) < 4.78 is 29.3. The summed E-state index contributed by atoms with van der Waals surface area (Å²) in [6.45, 7) is 13.7. The lowest BCUT2D eigenvalue weighted by atomic mass is 9.48. The largest absolute Gasteiger partial charge is 0.462 e. The highest BCUT2D eigenvalue weighted by Gasteiger charge is 2.65. The number of aliphatic hydroxyl groups is 1. The average Bonchev–Trinajstić information content (AvgIpc) is 2.81. The van der Waals surface area contributed by atoms with Gasteiger partial charge in [0.25, 0.3) is 0 Å². The van der Waals surface area contributed by atoms with Crippen molar-refractivity contribution in [3.8, 4) is 0 Å². The van der Waals surface area contributed by atoms with Crippen LogP contribution in [-0.4, -0.2) is 72.1 Å². The molecule has 0 aliphatic heterocycles. The first-order valence-electron chi connectivity index (χ1n) is 14.1. The number of fused-ring (bicyclic) bond motifs is 3. The molecule has 0 heterocycles. The van der Waals surface area contributed by atoms with E-state index in [-0.39, 0.29) is 18.9 Å². The highest BCUT2D eigenvalue weighted by Crippen LogP contribution is 2.61. The van der Waals surface area contributed by atoms with E-state index in [2.05, 4.69) is 0 Å². The van der Waals surface area contributed by atoms with Crippen molar-refractivity contribution in [3.05, 3.63) is 11.1 Å². The molecular weight excluding hydrogens is 536 g/mol. The standard InChI is InChI=1S/C30H44O11/c1-14-23(37-15(2)32)11-20-10-22-21(13-31)24(38-16(3)33)12-25(39-17(4)34)30(22,9)28(41-19(6)36)27(40-18(5)35)26(14)29(20,7)8/h20-25,27-28,31H,10-13H2,1-9H3/t20-,21+,22-,23+,24+,25+,27-,28+,30+/m1/s1. The Kier molecular flexibility index (Phi) is 9.62. The zero-order valence-corrected chi connectivity index (χ0v) is 25.5. The maximum absolute atomic E-state index is 12.7. The molecule has 0 amide bonds. The molecule has 9 atom stereocenters. The molecule has 11 nitrogen and oxygen atoms in total. The molecule has 230 valence electrons. The van der Waals surface area contributed by atoms with Crippen molar-refractivity contribution in [1.82, 2.24) is 0 Å². The molecule has 0 unspecified atom stereocenters. The van der Waals surface area contributed by atoms with Gasteiger partial charge in [-0.25, -0.2) is 0 Å². The maximum Gasteiger partial charge on any atom is 0.303 e. The smallest absolute Gasteiger partial charge is 0.303 e. The summed E-state index contributed by atoms with van der Waals surface area (Å²) in [5.41, 5.74) is -0.448. The lowest BCUT2D eigenvalue weighted by molar-refractivity contribution is -0.236. The quantitative estimate of drug-likeness (QED) is 0.280. The minimum Gasteiger partial charge on any atom is -0.462 e. The molecule has 0 spiro atoms. The van der Waals surface area contributed by atoms with E-state index in [4.69, 9.17) is 23.7 Å². The van der Waals surface area contributed by atoms with E-state index in [1.54, 1.807) is 0 Å². The second-order valence-electron chi connectivity index (χ2n) is 12.4. The molecule has 0 saturated heterocycles. The number of carbonyl (C=O) groups is 5. The van der Waals surface area contributed by atoms with Gasteiger partial charge in [-0.2, -0.15) is 0 Å². The molecule has 0 aromatic heterocycles. The Bertz CT molecular complexity index is 1110. The monoisotopic (exact) mass is 580 g/mol. The number of esters is 5. The summed E-state index contributed by atoms with van der Waals surface area (Å²) in [5, 5.41) is 10.7. The Hall–Kier alpha value is -2.95. The van der Waals surface area contributed by atoms with Gasteiger partial charge >= 0.3 is 29.8 Å². The number of rotatable bonds is 6. The van der Waals surface area contributed by atoms with Crippen molar-refractivity contribution in [2.45, 2.75) is 112 Å². The van der Waals surface area contributed by atoms with Crippen LogP contribution >= 0.6 is 0 Å². The lowest BCUT2D eigenvalue weighted by Crippen LogP contribution is -2.66. The third-order valence-electron chi connectivity index (χ3n) is 9.50. The molecule has 41 heavy (non-hydrogen) atoms. The Morgan fingerprint density at radius 3 is 1.78 bits per heavy atom. The Labute approximate surface area is 241 Å². The second kappa shape index (κ2) is 12.1. The molecule has 3 rings (SSSR count). The number of ether oxygens (including phenoxy) is 5. The van der Waals surface area contributed by atoms with Gasteiger partial charge < -0.3 is 28.8 Å². The van der Waals surface area contributed by atoms with Crippen molar-refractivity contribution >= 4 is 29.8 Å². The van der Waals surface area contributed by atoms with Crippen LogP contribution in [0.15, 0.2) is 11.1 Å². The first-order chi connectivity index (χ1) is 18.9.